The van der Waals surface area contributed by atoms with Gasteiger partial charge in [0, 0.05) is 33.9 Å². The third kappa shape index (κ3) is 4.12. The van der Waals surface area contributed by atoms with Crippen molar-refractivity contribution < 1.29 is 17.4 Å². The van der Waals surface area contributed by atoms with Crippen molar-refractivity contribution in [1.29, 1.82) is 0 Å². The predicted octanol–water partition coefficient (Wildman–Crippen LogP) is 0.283. The Kier molecular flexibility index (Phi) is 4.80. The highest BCUT2D eigenvalue weighted by molar-refractivity contribution is 7.89. The highest BCUT2D eigenvalue weighted by atomic mass is 32.2. The average Bonchev–Trinajstić information content (AvgIpc) is 2.40. The number of primary sulfonamides is 1. The Bertz CT molecular complexity index is 675. The molecule has 1 heterocycles. The number of rotatable bonds is 3. The van der Waals surface area contributed by atoms with E-state index in [1.54, 1.807) is 13.0 Å². The molecule has 116 valence electrons. The second-order valence-electron chi connectivity index (χ2n) is 5.12. The zero-order chi connectivity index (χ0) is 15.6. The fourth-order valence-corrected chi connectivity index (χ4v) is 4.06. The van der Waals surface area contributed by atoms with Crippen molar-refractivity contribution in [2.75, 3.05) is 11.5 Å². The molecular weight excluding hydrogens is 312 g/mol. The highest BCUT2D eigenvalue weighted by Gasteiger charge is 2.21. The van der Waals surface area contributed by atoms with Crippen molar-refractivity contribution in [3.63, 3.8) is 0 Å². The topological polar surface area (TPSA) is 106 Å². The highest BCUT2D eigenvalue weighted by Crippen LogP contribution is 2.16. The Labute approximate surface area is 126 Å². The number of sulfonamides is 1. The molecule has 1 amide bonds. The molecule has 0 aliphatic carbocycles. The standard InChI is InChI=1S/C13H18N2O4S2/c1-9-2-3-11(21(14,18)19)8-12(9)13(16)15-10-4-6-20(17)7-5-10/h2-3,8,10H,4-7H2,1H3,(H,15,16)(H2,14,18,19). The Morgan fingerprint density at radius 2 is 1.95 bits per heavy atom. The molecule has 0 unspecified atom stereocenters. The Hall–Kier alpha value is -1.25. The van der Waals surface area contributed by atoms with E-state index in [0.717, 1.165) is 0 Å². The Balaban J connectivity index is 2.17. The molecule has 0 bridgehead atoms. The van der Waals surface area contributed by atoms with Crippen molar-refractivity contribution >= 4 is 26.7 Å². The van der Waals surface area contributed by atoms with Crippen LogP contribution in [0.4, 0.5) is 0 Å². The normalized spacial score (nSPS) is 22.8. The summed E-state index contributed by atoms with van der Waals surface area (Å²) in [7, 11) is -4.62. The van der Waals surface area contributed by atoms with Gasteiger partial charge in [0.2, 0.25) is 10.0 Å². The lowest BCUT2D eigenvalue weighted by atomic mass is 10.1. The van der Waals surface area contributed by atoms with Crippen LogP contribution in [0.25, 0.3) is 0 Å². The second-order valence-corrected chi connectivity index (χ2v) is 8.38. The van der Waals surface area contributed by atoms with Gasteiger partial charge < -0.3 is 5.32 Å². The van der Waals surface area contributed by atoms with Gasteiger partial charge in [-0.3, -0.25) is 9.00 Å². The van der Waals surface area contributed by atoms with Crippen LogP contribution in [0.2, 0.25) is 0 Å². The number of amides is 1. The van der Waals surface area contributed by atoms with E-state index in [0.29, 0.717) is 35.5 Å². The Morgan fingerprint density at radius 1 is 1.33 bits per heavy atom. The Morgan fingerprint density at radius 3 is 2.52 bits per heavy atom. The number of nitrogens with one attached hydrogen (secondary N) is 1. The molecule has 1 fully saturated rings. The minimum atomic E-state index is -3.84. The molecule has 3 N–H and O–H groups in total. The maximum absolute atomic E-state index is 12.3. The molecule has 0 radical (unpaired) electrons. The number of hydrogen-bond donors (Lipinski definition) is 2. The molecule has 1 saturated heterocycles. The summed E-state index contributed by atoms with van der Waals surface area (Å²) >= 11 is 0. The maximum atomic E-state index is 12.3. The van der Waals surface area contributed by atoms with Crippen molar-refractivity contribution in [1.82, 2.24) is 5.32 Å². The minimum absolute atomic E-state index is 0.0206. The third-order valence-electron chi connectivity index (χ3n) is 3.51. The molecule has 0 spiro atoms. The molecule has 1 aromatic carbocycles. The van der Waals surface area contributed by atoms with Gasteiger partial charge in [-0.1, -0.05) is 6.07 Å². The molecule has 0 saturated carbocycles. The SMILES string of the molecule is Cc1ccc(S(N)(=O)=O)cc1C(=O)NC1CCS(=O)CC1. The van der Waals surface area contributed by atoms with Gasteiger partial charge in [-0.05, 0) is 37.5 Å². The molecule has 8 heteroatoms. The number of benzene rings is 1. The average molecular weight is 330 g/mol. The van der Waals surface area contributed by atoms with Gasteiger partial charge in [0.15, 0.2) is 0 Å². The van der Waals surface area contributed by atoms with Crippen LogP contribution in [0, 0.1) is 6.92 Å². The summed E-state index contributed by atoms with van der Waals surface area (Å²) in [6, 6.07) is 4.21. The summed E-state index contributed by atoms with van der Waals surface area (Å²) in [5.41, 5.74) is 0.979. The first-order valence-electron chi connectivity index (χ1n) is 6.56. The van der Waals surface area contributed by atoms with Crippen molar-refractivity contribution in [2.45, 2.75) is 30.7 Å². The van der Waals surface area contributed by atoms with Gasteiger partial charge in [-0.2, -0.15) is 0 Å². The quantitative estimate of drug-likeness (QED) is 0.830. The molecule has 6 nitrogen and oxygen atoms in total. The molecule has 0 aromatic heterocycles. The summed E-state index contributed by atoms with van der Waals surface area (Å²) in [4.78, 5) is 12.2. The zero-order valence-electron chi connectivity index (χ0n) is 11.7. The first-order valence-corrected chi connectivity index (χ1v) is 9.60. The lowest BCUT2D eigenvalue weighted by molar-refractivity contribution is 0.0933. The molecular formula is C13H18N2O4S2. The van der Waals surface area contributed by atoms with Gasteiger partial charge in [-0.15, -0.1) is 0 Å². The van der Waals surface area contributed by atoms with Crippen LogP contribution in [0.1, 0.15) is 28.8 Å². The van der Waals surface area contributed by atoms with E-state index in [4.69, 9.17) is 5.14 Å². The van der Waals surface area contributed by atoms with Crippen LogP contribution in [-0.4, -0.2) is 36.1 Å². The van der Waals surface area contributed by atoms with E-state index in [-0.39, 0.29) is 16.8 Å². The largest absolute Gasteiger partial charge is 0.349 e. The summed E-state index contributed by atoms with van der Waals surface area (Å²) in [6.45, 7) is 1.73. The van der Waals surface area contributed by atoms with Gasteiger partial charge in [-0.25, -0.2) is 13.6 Å². The molecule has 2 rings (SSSR count). The molecule has 21 heavy (non-hydrogen) atoms. The van der Waals surface area contributed by atoms with Crippen molar-refractivity contribution in [3.8, 4) is 0 Å². The number of carbonyl (C=O) groups excluding carboxylic acids is 1. The van der Waals surface area contributed by atoms with Gasteiger partial charge >= 0.3 is 0 Å². The van der Waals surface area contributed by atoms with Crippen LogP contribution in [-0.2, 0) is 20.8 Å². The predicted molar refractivity (Wildman–Crippen MR) is 80.9 cm³/mol. The molecule has 1 aliphatic heterocycles. The monoisotopic (exact) mass is 330 g/mol. The van der Waals surface area contributed by atoms with E-state index in [1.807, 2.05) is 0 Å². The van der Waals surface area contributed by atoms with E-state index in [2.05, 4.69) is 5.32 Å². The maximum Gasteiger partial charge on any atom is 0.251 e. The molecule has 1 aromatic rings. The van der Waals surface area contributed by atoms with Crippen molar-refractivity contribution in [2.24, 2.45) is 5.14 Å². The number of aryl methyl sites for hydroxylation is 1. The number of hydrogen-bond acceptors (Lipinski definition) is 4. The van der Waals surface area contributed by atoms with E-state index < -0.39 is 20.8 Å². The first-order chi connectivity index (χ1) is 9.77. The summed E-state index contributed by atoms with van der Waals surface area (Å²) in [5.74, 6) is 0.846. The fraction of sp³-hybridized carbons (Fsp3) is 0.462. The van der Waals surface area contributed by atoms with E-state index in [1.165, 1.54) is 12.1 Å². The van der Waals surface area contributed by atoms with Crippen LogP contribution < -0.4 is 10.5 Å². The van der Waals surface area contributed by atoms with Gasteiger partial charge in [0.1, 0.15) is 0 Å². The number of nitrogens with two attached hydrogens (primary N) is 1. The van der Waals surface area contributed by atoms with E-state index in [9.17, 15) is 17.4 Å². The van der Waals surface area contributed by atoms with Crippen molar-refractivity contribution in [3.05, 3.63) is 29.3 Å². The van der Waals surface area contributed by atoms with Gasteiger partial charge in [0.25, 0.3) is 5.91 Å². The third-order valence-corrected chi connectivity index (χ3v) is 5.80. The van der Waals surface area contributed by atoms with Crippen LogP contribution in [0.15, 0.2) is 23.1 Å². The lowest BCUT2D eigenvalue weighted by Gasteiger charge is -2.23. The summed E-state index contributed by atoms with van der Waals surface area (Å²) in [5, 5.41) is 7.95. The molecule has 1 aliphatic rings. The second kappa shape index (κ2) is 6.25. The fourth-order valence-electron chi connectivity index (χ4n) is 2.22. The minimum Gasteiger partial charge on any atom is -0.349 e. The van der Waals surface area contributed by atoms with Crippen LogP contribution >= 0.6 is 0 Å². The van der Waals surface area contributed by atoms with E-state index >= 15 is 0 Å². The number of carbonyl (C=O) groups is 1. The smallest absolute Gasteiger partial charge is 0.251 e. The van der Waals surface area contributed by atoms with Crippen LogP contribution in [0.3, 0.4) is 0 Å². The van der Waals surface area contributed by atoms with Crippen LogP contribution in [0.5, 0.6) is 0 Å². The lowest BCUT2D eigenvalue weighted by Crippen LogP contribution is -2.39. The zero-order valence-corrected chi connectivity index (χ0v) is 13.3. The summed E-state index contributed by atoms with van der Waals surface area (Å²) < 4.78 is 34.0. The first kappa shape index (κ1) is 16.1. The van der Waals surface area contributed by atoms with Gasteiger partial charge in [0.05, 0.1) is 4.90 Å². The molecule has 0 atom stereocenters. The summed E-state index contributed by atoms with van der Waals surface area (Å²) in [6.07, 6.45) is 1.35.